The molecule has 0 atom stereocenters. The summed E-state index contributed by atoms with van der Waals surface area (Å²) in [4.78, 5) is 12.1. The Morgan fingerprint density at radius 2 is 1.63 bits per heavy atom. The third kappa shape index (κ3) is 2.82. The molecule has 0 unspecified atom stereocenters. The molecule has 1 nitrogen and oxygen atoms in total. The van der Waals surface area contributed by atoms with Crippen molar-refractivity contribution in [1.29, 1.82) is 0 Å². The SMILES string of the molecule is O=C(c1cc(F)c(F)cc1Cl)c1cc(F)ccc1Br. The van der Waals surface area contributed by atoms with Gasteiger partial charge in [-0.3, -0.25) is 4.79 Å². The Kier molecular flexibility index (Phi) is 3.96. The number of hydrogen-bond acceptors (Lipinski definition) is 1. The number of hydrogen-bond donors (Lipinski definition) is 0. The highest BCUT2D eigenvalue weighted by Gasteiger charge is 2.19. The van der Waals surface area contributed by atoms with Crippen molar-refractivity contribution in [3.8, 4) is 0 Å². The van der Waals surface area contributed by atoms with Gasteiger partial charge in [0.05, 0.1) is 5.02 Å². The molecule has 0 heterocycles. The molecular weight excluding hydrogens is 344 g/mol. The molecule has 98 valence electrons. The highest BCUT2D eigenvalue weighted by Crippen LogP contribution is 2.26. The monoisotopic (exact) mass is 348 g/mol. The van der Waals surface area contributed by atoms with Gasteiger partial charge in [0, 0.05) is 15.6 Å². The molecule has 0 aliphatic rings. The maximum atomic E-state index is 13.1. The van der Waals surface area contributed by atoms with Crippen LogP contribution in [0.5, 0.6) is 0 Å². The predicted molar refractivity (Wildman–Crippen MR) is 68.9 cm³/mol. The van der Waals surface area contributed by atoms with E-state index in [-0.39, 0.29) is 16.1 Å². The fourth-order valence-electron chi connectivity index (χ4n) is 1.51. The van der Waals surface area contributed by atoms with Crippen molar-refractivity contribution >= 4 is 33.3 Å². The molecule has 0 bridgehead atoms. The number of benzene rings is 2. The van der Waals surface area contributed by atoms with Crippen molar-refractivity contribution in [2.45, 2.75) is 0 Å². The van der Waals surface area contributed by atoms with Crippen LogP contribution in [-0.4, -0.2) is 5.78 Å². The minimum Gasteiger partial charge on any atom is -0.289 e. The van der Waals surface area contributed by atoms with Gasteiger partial charge < -0.3 is 0 Å². The number of rotatable bonds is 2. The summed E-state index contributed by atoms with van der Waals surface area (Å²) in [5.41, 5.74) is -0.250. The van der Waals surface area contributed by atoms with Crippen LogP contribution in [0.2, 0.25) is 5.02 Å². The van der Waals surface area contributed by atoms with E-state index in [0.29, 0.717) is 16.6 Å². The van der Waals surface area contributed by atoms with E-state index in [4.69, 9.17) is 11.6 Å². The summed E-state index contributed by atoms with van der Waals surface area (Å²) in [6.07, 6.45) is 0. The molecule has 6 heteroatoms. The second kappa shape index (κ2) is 5.35. The Morgan fingerprint density at radius 1 is 1.00 bits per heavy atom. The first-order chi connectivity index (χ1) is 8.90. The van der Waals surface area contributed by atoms with Crippen LogP contribution in [0, 0.1) is 17.5 Å². The maximum absolute atomic E-state index is 13.1. The predicted octanol–water partition coefficient (Wildman–Crippen LogP) is 4.75. The van der Waals surface area contributed by atoms with Crippen LogP contribution in [0.3, 0.4) is 0 Å². The van der Waals surface area contributed by atoms with Gasteiger partial charge in [-0.15, -0.1) is 0 Å². The largest absolute Gasteiger partial charge is 0.289 e. The van der Waals surface area contributed by atoms with Gasteiger partial charge >= 0.3 is 0 Å². The Morgan fingerprint density at radius 3 is 2.32 bits per heavy atom. The molecule has 2 aromatic carbocycles. The Balaban J connectivity index is 2.56. The van der Waals surface area contributed by atoms with Crippen molar-refractivity contribution in [3.63, 3.8) is 0 Å². The van der Waals surface area contributed by atoms with E-state index in [1.807, 2.05) is 0 Å². The fraction of sp³-hybridized carbons (Fsp3) is 0. The highest BCUT2D eigenvalue weighted by molar-refractivity contribution is 9.10. The Labute approximate surface area is 120 Å². The summed E-state index contributed by atoms with van der Waals surface area (Å²) >= 11 is 8.79. The second-order valence-electron chi connectivity index (χ2n) is 3.70. The van der Waals surface area contributed by atoms with Crippen LogP contribution in [0.4, 0.5) is 13.2 Å². The molecule has 0 spiro atoms. The van der Waals surface area contributed by atoms with E-state index in [9.17, 15) is 18.0 Å². The molecule has 2 aromatic rings. The molecule has 2 rings (SSSR count). The molecule has 0 aromatic heterocycles. The summed E-state index contributed by atoms with van der Waals surface area (Å²) in [5, 5.41) is -0.236. The van der Waals surface area contributed by atoms with Crippen molar-refractivity contribution in [2.24, 2.45) is 0 Å². The van der Waals surface area contributed by atoms with Gasteiger partial charge in [0.2, 0.25) is 0 Å². The smallest absolute Gasteiger partial charge is 0.195 e. The van der Waals surface area contributed by atoms with Crippen molar-refractivity contribution in [3.05, 3.63) is 68.4 Å². The summed E-state index contributed by atoms with van der Waals surface area (Å²) in [7, 11) is 0. The number of ketones is 1. The van der Waals surface area contributed by atoms with E-state index >= 15 is 0 Å². The molecule has 0 saturated carbocycles. The average Bonchev–Trinajstić information content (AvgIpc) is 2.36. The van der Waals surface area contributed by atoms with Crippen LogP contribution in [0.1, 0.15) is 15.9 Å². The molecule has 0 N–H and O–H groups in total. The van der Waals surface area contributed by atoms with Gasteiger partial charge in [0.1, 0.15) is 5.82 Å². The van der Waals surface area contributed by atoms with Crippen LogP contribution >= 0.6 is 27.5 Å². The van der Waals surface area contributed by atoms with Gasteiger partial charge in [-0.05, 0) is 30.3 Å². The van der Waals surface area contributed by atoms with Crippen molar-refractivity contribution in [2.75, 3.05) is 0 Å². The fourth-order valence-corrected chi connectivity index (χ4v) is 2.18. The van der Waals surface area contributed by atoms with E-state index in [1.54, 1.807) is 0 Å². The molecule has 0 amide bonds. The van der Waals surface area contributed by atoms with Crippen molar-refractivity contribution < 1.29 is 18.0 Å². The van der Waals surface area contributed by atoms with E-state index in [2.05, 4.69) is 15.9 Å². The first-order valence-corrected chi connectivity index (χ1v) is 6.21. The lowest BCUT2D eigenvalue weighted by molar-refractivity contribution is 0.103. The van der Waals surface area contributed by atoms with Crippen molar-refractivity contribution in [1.82, 2.24) is 0 Å². The summed E-state index contributed by atoms with van der Waals surface area (Å²) in [6, 6.07) is 4.89. The normalized spacial score (nSPS) is 10.6. The van der Waals surface area contributed by atoms with Crippen LogP contribution in [-0.2, 0) is 0 Å². The van der Waals surface area contributed by atoms with E-state index in [1.165, 1.54) is 6.07 Å². The second-order valence-corrected chi connectivity index (χ2v) is 4.96. The molecule has 0 radical (unpaired) electrons. The topological polar surface area (TPSA) is 17.1 Å². The zero-order valence-electron chi connectivity index (χ0n) is 9.18. The minimum atomic E-state index is -1.19. The van der Waals surface area contributed by atoms with Gasteiger partial charge in [-0.2, -0.15) is 0 Å². The quantitative estimate of drug-likeness (QED) is 0.565. The lowest BCUT2D eigenvalue weighted by Gasteiger charge is -2.06. The third-order valence-electron chi connectivity index (χ3n) is 2.43. The Bertz CT molecular complexity index is 673. The summed E-state index contributed by atoms with van der Waals surface area (Å²) < 4.78 is 39.5. The number of carbonyl (C=O) groups is 1. The molecule has 0 aliphatic carbocycles. The maximum Gasteiger partial charge on any atom is 0.195 e. The van der Waals surface area contributed by atoms with Crippen LogP contribution < -0.4 is 0 Å². The zero-order chi connectivity index (χ0) is 14.2. The standard InChI is InChI=1S/C13H5BrClF3O/c14-9-2-1-6(16)3-7(9)13(19)8-4-11(17)12(18)5-10(8)15/h1-5H. The molecule has 0 saturated heterocycles. The minimum absolute atomic E-state index is 0.0205. The lowest BCUT2D eigenvalue weighted by Crippen LogP contribution is -2.05. The molecule has 0 aliphatic heterocycles. The molecular formula is C13H5BrClF3O. The first-order valence-electron chi connectivity index (χ1n) is 5.04. The van der Waals surface area contributed by atoms with Gasteiger partial charge in [-0.1, -0.05) is 27.5 Å². The lowest BCUT2D eigenvalue weighted by atomic mass is 10.0. The summed E-state index contributed by atoms with van der Waals surface area (Å²) in [6.45, 7) is 0. The van der Waals surface area contributed by atoms with Gasteiger partial charge in [0.15, 0.2) is 17.4 Å². The zero-order valence-corrected chi connectivity index (χ0v) is 11.5. The number of carbonyl (C=O) groups excluding carboxylic acids is 1. The van der Waals surface area contributed by atoms with Gasteiger partial charge in [0.25, 0.3) is 0 Å². The highest BCUT2D eigenvalue weighted by atomic mass is 79.9. The molecule has 19 heavy (non-hydrogen) atoms. The van der Waals surface area contributed by atoms with Crippen LogP contribution in [0.25, 0.3) is 0 Å². The van der Waals surface area contributed by atoms with Crippen LogP contribution in [0.15, 0.2) is 34.8 Å². The third-order valence-corrected chi connectivity index (χ3v) is 3.43. The van der Waals surface area contributed by atoms with E-state index < -0.39 is 23.2 Å². The van der Waals surface area contributed by atoms with E-state index in [0.717, 1.165) is 12.1 Å². The number of halogens is 5. The summed E-state index contributed by atoms with van der Waals surface area (Å²) in [5.74, 6) is -3.67. The first kappa shape index (κ1) is 14.1. The van der Waals surface area contributed by atoms with Gasteiger partial charge in [-0.25, -0.2) is 13.2 Å². The molecule has 0 fully saturated rings. The Hall–Kier alpha value is -1.33. The average molecular weight is 350 g/mol.